The van der Waals surface area contributed by atoms with Gasteiger partial charge in [0.1, 0.15) is 5.78 Å². The van der Waals surface area contributed by atoms with Crippen molar-refractivity contribution in [1.82, 2.24) is 0 Å². The number of ketones is 1. The summed E-state index contributed by atoms with van der Waals surface area (Å²) in [6.45, 7) is 3.91. The molecule has 0 bridgehead atoms. The van der Waals surface area contributed by atoms with Crippen LogP contribution < -0.4 is 0 Å². The topological polar surface area (TPSA) is 65.8 Å². The Labute approximate surface area is 72.6 Å². The summed E-state index contributed by atoms with van der Waals surface area (Å²) in [4.78, 5) is 13.9. The van der Waals surface area contributed by atoms with Gasteiger partial charge in [0, 0.05) is 11.3 Å². The van der Waals surface area contributed by atoms with Crippen molar-refractivity contribution in [2.45, 2.75) is 45.6 Å². The molecule has 0 aromatic carbocycles. The van der Waals surface area contributed by atoms with Crippen molar-refractivity contribution in [3.8, 4) is 0 Å². The lowest BCUT2D eigenvalue weighted by Crippen LogP contribution is -2.17. The lowest BCUT2D eigenvalue weighted by molar-refractivity contribution is -0.120. The third-order valence-corrected chi connectivity index (χ3v) is 1.62. The van der Waals surface area contributed by atoms with E-state index in [1.54, 1.807) is 0 Å². The molecule has 0 aliphatic heterocycles. The molecule has 0 unspecified atom stereocenters. The van der Waals surface area contributed by atoms with Crippen molar-refractivity contribution in [2.75, 3.05) is 0 Å². The molecular formula is C8H15N3O. The molecule has 12 heavy (non-hydrogen) atoms. The van der Waals surface area contributed by atoms with Gasteiger partial charge >= 0.3 is 0 Å². The maximum Gasteiger partial charge on any atom is 0.141 e. The summed E-state index contributed by atoms with van der Waals surface area (Å²) >= 11 is 0. The molecule has 0 amide bonds. The van der Waals surface area contributed by atoms with Crippen molar-refractivity contribution < 1.29 is 4.79 Å². The number of Topliss-reactive ketones (excluding diaryl/α,β-unsaturated/α-hetero) is 1. The second kappa shape index (κ2) is 6.68. The Kier molecular flexibility index (Phi) is 6.11. The Balaban J connectivity index is 4.08. The van der Waals surface area contributed by atoms with E-state index in [1.165, 1.54) is 0 Å². The van der Waals surface area contributed by atoms with E-state index in [-0.39, 0.29) is 5.78 Å². The minimum absolute atomic E-state index is 0.0668. The van der Waals surface area contributed by atoms with Crippen molar-refractivity contribution in [2.24, 2.45) is 5.11 Å². The van der Waals surface area contributed by atoms with Gasteiger partial charge in [0.05, 0.1) is 6.04 Å². The summed E-state index contributed by atoms with van der Waals surface area (Å²) in [5.41, 5.74) is 8.19. The normalized spacial score (nSPS) is 11.8. The summed E-state index contributed by atoms with van der Waals surface area (Å²) in [7, 11) is 0. The largest absolute Gasteiger partial charge is 0.299 e. The molecule has 4 heteroatoms. The van der Waals surface area contributed by atoms with E-state index < -0.39 is 6.04 Å². The van der Waals surface area contributed by atoms with E-state index in [4.69, 9.17) is 5.53 Å². The van der Waals surface area contributed by atoms with E-state index in [0.29, 0.717) is 12.8 Å². The van der Waals surface area contributed by atoms with Crippen LogP contribution in [0, 0.1) is 0 Å². The van der Waals surface area contributed by atoms with Gasteiger partial charge < -0.3 is 0 Å². The van der Waals surface area contributed by atoms with Gasteiger partial charge in [-0.1, -0.05) is 25.4 Å². The Morgan fingerprint density at radius 2 is 2.17 bits per heavy atom. The number of carbonyl (C=O) groups is 1. The average molecular weight is 169 g/mol. The van der Waals surface area contributed by atoms with Crippen LogP contribution in [-0.2, 0) is 4.79 Å². The van der Waals surface area contributed by atoms with Crippen LogP contribution in [0.2, 0.25) is 0 Å². The molecule has 0 heterocycles. The van der Waals surface area contributed by atoms with Gasteiger partial charge in [0.2, 0.25) is 0 Å². The maximum atomic E-state index is 11.3. The number of hydrogen-bond acceptors (Lipinski definition) is 2. The summed E-state index contributed by atoms with van der Waals surface area (Å²) in [5.74, 6) is 0.0668. The van der Waals surface area contributed by atoms with Gasteiger partial charge in [0.15, 0.2) is 0 Å². The van der Waals surface area contributed by atoms with E-state index >= 15 is 0 Å². The molecule has 0 aromatic rings. The second-order valence-corrected chi connectivity index (χ2v) is 2.73. The lowest BCUT2D eigenvalue weighted by atomic mass is 10.1. The first kappa shape index (κ1) is 11.0. The van der Waals surface area contributed by atoms with Crippen LogP contribution in [-0.4, -0.2) is 11.8 Å². The molecule has 68 valence electrons. The molecule has 0 N–H and O–H groups in total. The van der Waals surface area contributed by atoms with Gasteiger partial charge in [-0.05, 0) is 18.4 Å². The molecule has 0 aromatic heterocycles. The Hall–Kier alpha value is -1.02. The van der Waals surface area contributed by atoms with E-state index in [0.717, 1.165) is 12.8 Å². The molecule has 0 fully saturated rings. The minimum Gasteiger partial charge on any atom is -0.299 e. The van der Waals surface area contributed by atoms with Crippen molar-refractivity contribution in [3.05, 3.63) is 10.4 Å². The van der Waals surface area contributed by atoms with Gasteiger partial charge in [-0.3, -0.25) is 4.79 Å². The van der Waals surface area contributed by atoms with Gasteiger partial charge in [0.25, 0.3) is 0 Å². The Morgan fingerprint density at radius 1 is 1.50 bits per heavy atom. The van der Waals surface area contributed by atoms with Crippen LogP contribution >= 0.6 is 0 Å². The first-order valence-corrected chi connectivity index (χ1v) is 4.33. The van der Waals surface area contributed by atoms with E-state index in [9.17, 15) is 4.79 Å². The first-order chi connectivity index (χ1) is 5.76. The smallest absolute Gasteiger partial charge is 0.141 e. The van der Waals surface area contributed by atoms with Gasteiger partial charge in [-0.15, -0.1) is 0 Å². The van der Waals surface area contributed by atoms with Gasteiger partial charge in [-0.25, -0.2) is 0 Å². The zero-order valence-corrected chi connectivity index (χ0v) is 7.66. The Morgan fingerprint density at radius 3 is 2.58 bits per heavy atom. The fourth-order valence-corrected chi connectivity index (χ4v) is 1.03. The predicted molar refractivity (Wildman–Crippen MR) is 47.8 cm³/mol. The van der Waals surface area contributed by atoms with Crippen LogP contribution in [0.3, 0.4) is 0 Å². The molecule has 0 saturated carbocycles. The molecule has 0 saturated heterocycles. The Bertz CT molecular complexity index is 185. The number of nitrogens with zero attached hydrogens (tertiary/aromatic N) is 3. The molecule has 0 aliphatic rings. The molecule has 0 spiro atoms. The second-order valence-electron chi connectivity index (χ2n) is 2.73. The van der Waals surface area contributed by atoms with Crippen LogP contribution in [0.15, 0.2) is 5.11 Å². The monoisotopic (exact) mass is 169 g/mol. The fourth-order valence-electron chi connectivity index (χ4n) is 1.03. The van der Waals surface area contributed by atoms with E-state index in [1.807, 2.05) is 13.8 Å². The lowest BCUT2D eigenvalue weighted by Gasteiger charge is -2.06. The molecule has 0 radical (unpaired) electrons. The zero-order valence-electron chi connectivity index (χ0n) is 7.66. The highest BCUT2D eigenvalue weighted by Crippen LogP contribution is 2.07. The summed E-state index contributed by atoms with van der Waals surface area (Å²) in [5, 5.41) is 3.46. The van der Waals surface area contributed by atoms with Crippen LogP contribution in [0.1, 0.15) is 39.5 Å². The molecule has 1 atom stereocenters. The number of carbonyl (C=O) groups excluding carboxylic acids is 1. The minimum atomic E-state index is -0.431. The summed E-state index contributed by atoms with van der Waals surface area (Å²) < 4.78 is 0. The highest BCUT2D eigenvalue weighted by molar-refractivity contribution is 5.84. The SMILES string of the molecule is CCCC(=O)[C@H](CCC)N=[N+]=[N-]. The van der Waals surface area contributed by atoms with E-state index in [2.05, 4.69) is 10.0 Å². The first-order valence-electron chi connectivity index (χ1n) is 4.33. The molecule has 4 nitrogen and oxygen atoms in total. The third-order valence-electron chi connectivity index (χ3n) is 1.62. The zero-order chi connectivity index (χ0) is 9.40. The quantitative estimate of drug-likeness (QED) is 0.342. The number of hydrogen-bond donors (Lipinski definition) is 0. The predicted octanol–water partition coefficient (Wildman–Crippen LogP) is 2.83. The maximum absolute atomic E-state index is 11.3. The average Bonchev–Trinajstić information content (AvgIpc) is 2.04. The highest BCUT2D eigenvalue weighted by Gasteiger charge is 2.13. The molecule has 0 rings (SSSR count). The summed E-state index contributed by atoms with van der Waals surface area (Å²) in [6.07, 6.45) is 2.88. The third kappa shape index (κ3) is 3.98. The van der Waals surface area contributed by atoms with Crippen LogP contribution in [0.5, 0.6) is 0 Å². The number of azide groups is 1. The standard InChI is InChI=1S/C8H15N3O/c1-3-5-7(10-11-9)8(12)6-4-2/h7H,3-6H2,1-2H3/t7-/m0/s1. The van der Waals surface area contributed by atoms with Crippen LogP contribution in [0.4, 0.5) is 0 Å². The fraction of sp³-hybridized carbons (Fsp3) is 0.875. The molecular weight excluding hydrogens is 154 g/mol. The molecule has 0 aliphatic carbocycles. The van der Waals surface area contributed by atoms with Crippen molar-refractivity contribution in [3.63, 3.8) is 0 Å². The van der Waals surface area contributed by atoms with Gasteiger partial charge in [-0.2, -0.15) is 0 Å². The number of rotatable bonds is 6. The van der Waals surface area contributed by atoms with Crippen LogP contribution in [0.25, 0.3) is 10.4 Å². The highest BCUT2D eigenvalue weighted by atomic mass is 16.1. The van der Waals surface area contributed by atoms with Crippen molar-refractivity contribution >= 4 is 5.78 Å². The summed E-state index contributed by atoms with van der Waals surface area (Å²) in [6, 6.07) is -0.431. The van der Waals surface area contributed by atoms with Crippen molar-refractivity contribution in [1.29, 1.82) is 0 Å².